The maximum Gasteiger partial charge on any atom is 0.313 e. The molecule has 0 spiro atoms. The molecule has 114 valence electrons. The lowest BCUT2D eigenvalue weighted by Gasteiger charge is -2.23. The summed E-state index contributed by atoms with van der Waals surface area (Å²) in [7, 11) is 0. The maximum atomic E-state index is 13.0. The number of halogens is 1. The summed E-state index contributed by atoms with van der Waals surface area (Å²) in [6.45, 7) is 4.44. The van der Waals surface area contributed by atoms with Crippen LogP contribution in [0.5, 0.6) is 0 Å². The molecule has 1 heterocycles. The maximum absolute atomic E-state index is 13.0. The zero-order valence-electron chi connectivity index (χ0n) is 11.7. The minimum Gasteiger partial charge on any atom is -0.370 e. The third-order valence-corrected chi connectivity index (χ3v) is 3.25. The lowest BCUT2D eigenvalue weighted by atomic mass is 10.3. The monoisotopic (exact) mass is 296 g/mol. The molecule has 0 atom stereocenters. The molecule has 0 bridgehead atoms. The molecule has 0 aromatic heterocycles. The van der Waals surface area contributed by atoms with E-state index in [1.807, 2.05) is 0 Å². The van der Waals surface area contributed by atoms with Gasteiger partial charge in [0.25, 0.3) is 0 Å². The fourth-order valence-electron chi connectivity index (χ4n) is 2.10. The molecule has 7 heteroatoms. The van der Waals surface area contributed by atoms with Gasteiger partial charge >= 0.3 is 11.8 Å². The number of morpholine rings is 1. The average molecular weight is 296 g/mol. The molecule has 2 amide bonds. The van der Waals surface area contributed by atoms with E-state index in [9.17, 15) is 14.0 Å². The van der Waals surface area contributed by atoms with Crippen molar-refractivity contribution >= 4 is 17.5 Å². The normalized spacial score (nSPS) is 15.5. The highest BCUT2D eigenvalue weighted by molar-refractivity contribution is 6.39. The zero-order valence-corrected chi connectivity index (χ0v) is 11.7. The summed E-state index contributed by atoms with van der Waals surface area (Å²) in [5, 5.41) is 4.91. The molecule has 1 aliphatic heterocycles. The number of quaternary nitrogens is 1. The second-order valence-electron chi connectivity index (χ2n) is 4.83. The number of hydrogen-bond acceptors (Lipinski definition) is 3. The predicted octanol–water partition coefficient (Wildman–Crippen LogP) is -1.20. The Kier molecular flexibility index (Phi) is 5.65. The first-order valence-electron chi connectivity index (χ1n) is 6.91. The summed E-state index contributed by atoms with van der Waals surface area (Å²) in [5.74, 6) is -1.98. The number of ether oxygens (including phenoxy) is 1. The second-order valence-corrected chi connectivity index (χ2v) is 4.83. The smallest absolute Gasteiger partial charge is 0.313 e. The summed E-state index contributed by atoms with van der Waals surface area (Å²) in [6, 6.07) is 5.40. The van der Waals surface area contributed by atoms with Crippen molar-refractivity contribution in [3.05, 3.63) is 30.1 Å². The highest BCUT2D eigenvalue weighted by Crippen LogP contribution is 2.08. The zero-order chi connectivity index (χ0) is 15.1. The Morgan fingerprint density at radius 2 is 2.00 bits per heavy atom. The summed E-state index contributed by atoms with van der Waals surface area (Å²) >= 11 is 0. The van der Waals surface area contributed by atoms with Gasteiger partial charge in [0.2, 0.25) is 0 Å². The van der Waals surface area contributed by atoms with Crippen LogP contribution in [0.25, 0.3) is 0 Å². The van der Waals surface area contributed by atoms with Crippen molar-refractivity contribution in [1.29, 1.82) is 0 Å². The van der Waals surface area contributed by atoms with Crippen LogP contribution in [0.2, 0.25) is 0 Å². The molecule has 21 heavy (non-hydrogen) atoms. The SMILES string of the molecule is O=C(NCC[NH+]1CCOCC1)C(=O)Nc1cccc(F)c1. The Balaban J connectivity index is 1.71. The highest BCUT2D eigenvalue weighted by atomic mass is 19.1. The van der Waals surface area contributed by atoms with E-state index in [1.165, 1.54) is 23.1 Å². The molecule has 6 nitrogen and oxygen atoms in total. The lowest BCUT2D eigenvalue weighted by molar-refractivity contribution is -0.906. The third-order valence-electron chi connectivity index (χ3n) is 3.25. The van der Waals surface area contributed by atoms with E-state index in [2.05, 4.69) is 10.6 Å². The van der Waals surface area contributed by atoms with E-state index in [4.69, 9.17) is 4.74 Å². The predicted molar refractivity (Wildman–Crippen MR) is 74.4 cm³/mol. The van der Waals surface area contributed by atoms with E-state index >= 15 is 0 Å². The van der Waals surface area contributed by atoms with E-state index < -0.39 is 17.6 Å². The van der Waals surface area contributed by atoms with Crippen LogP contribution in [0.4, 0.5) is 10.1 Å². The number of amides is 2. The molecule has 1 aromatic rings. The minimum atomic E-state index is -0.794. The van der Waals surface area contributed by atoms with Crippen molar-refractivity contribution in [3.8, 4) is 0 Å². The van der Waals surface area contributed by atoms with Crippen LogP contribution in [0.3, 0.4) is 0 Å². The van der Waals surface area contributed by atoms with Crippen LogP contribution in [0.15, 0.2) is 24.3 Å². The van der Waals surface area contributed by atoms with Crippen LogP contribution in [0, 0.1) is 5.82 Å². The van der Waals surface area contributed by atoms with Gasteiger partial charge in [-0.05, 0) is 18.2 Å². The topological polar surface area (TPSA) is 71.9 Å². The van der Waals surface area contributed by atoms with Gasteiger partial charge in [0.1, 0.15) is 18.9 Å². The number of benzene rings is 1. The fraction of sp³-hybridized carbons (Fsp3) is 0.429. The Labute approximate surface area is 122 Å². The third kappa shape index (κ3) is 5.13. The second kappa shape index (κ2) is 7.70. The molecule has 0 unspecified atom stereocenters. The Hall–Kier alpha value is -1.99. The first-order chi connectivity index (χ1) is 10.1. The first-order valence-corrected chi connectivity index (χ1v) is 6.91. The molecular weight excluding hydrogens is 277 g/mol. The van der Waals surface area contributed by atoms with Crippen molar-refractivity contribution in [2.24, 2.45) is 0 Å². The molecule has 0 radical (unpaired) electrons. The van der Waals surface area contributed by atoms with Crippen molar-refractivity contribution in [3.63, 3.8) is 0 Å². The van der Waals surface area contributed by atoms with Gasteiger partial charge in [-0.1, -0.05) is 6.07 Å². The van der Waals surface area contributed by atoms with Crippen molar-refractivity contribution in [1.82, 2.24) is 5.32 Å². The van der Waals surface area contributed by atoms with E-state index in [0.717, 1.165) is 38.9 Å². The highest BCUT2D eigenvalue weighted by Gasteiger charge is 2.16. The van der Waals surface area contributed by atoms with Gasteiger partial charge in [0.15, 0.2) is 0 Å². The summed E-state index contributed by atoms with van der Waals surface area (Å²) in [5.41, 5.74) is 0.258. The van der Waals surface area contributed by atoms with Gasteiger partial charge in [0.05, 0.1) is 26.3 Å². The molecule has 0 saturated carbocycles. The quantitative estimate of drug-likeness (QED) is 0.611. The standard InChI is InChI=1S/C14H18FN3O3/c15-11-2-1-3-12(10-11)17-14(20)13(19)16-4-5-18-6-8-21-9-7-18/h1-3,10H,4-9H2,(H,16,19)(H,17,20)/p+1. The van der Waals surface area contributed by atoms with Gasteiger partial charge in [-0.15, -0.1) is 0 Å². The minimum absolute atomic E-state index is 0.258. The van der Waals surface area contributed by atoms with Gasteiger partial charge < -0.3 is 20.3 Å². The molecule has 3 N–H and O–H groups in total. The molecule has 1 aliphatic rings. The number of carbonyl (C=O) groups is 2. The van der Waals surface area contributed by atoms with Crippen LogP contribution < -0.4 is 15.5 Å². The van der Waals surface area contributed by atoms with Gasteiger partial charge in [-0.25, -0.2) is 4.39 Å². The van der Waals surface area contributed by atoms with Crippen molar-refractivity contribution < 1.29 is 23.6 Å². The molecule has 0 aliphatic carbocycles. The van der Waals surface area contributed by atoms with Gasteiger partial charge in [-0.2, -0.15) is 0 Å². The first kappa shape index (κ1) is 15.4. The number of rotatable bonds is 4. The van der Waals surface area contributed by atoms with Crippen LogP contribution >= 0.6 is 0 Å². The molecule has 1 saturated heterocycles. The number of hydrogen-bond donors (Lipinski definition) is 3. The fourth-order valence-corrected chi connectivity index (χ4v) is 2.10. The Morgan fingerprint density at radius 3 is 2.71 bits per heavy atom. The van der Waals surface area contributed by atoms with E-state index in [-0.39, 0.29) is 5.69 Å². The van der Waals surface area contributed by atoms with Crippen LogP contribution in [-0.2, 0) is 14.3 Å². The summed E-state index contributed by atoms with van der Waals surface area (Å²) < 4.78 is 18.2. The van der Waals surface area contributed by atoms with Crippen molar-refractivity contribution in [2.45, 2.75) is 0 Å². The Morgan fingerprint density at radius 1 is 1.24 bits per heavy atom. The van der Waals surface area contributed by atoms with Crippen molar-refractivity contribution in [2.75, 3.05) is 44.7 Å². The summed E-state index contributed by atoms with van der Waals surface area (Å²) in [6.07, 6.45) is 0. The molecule has 1 aromatic carbocycles. The average Bonchev–Trinajstić information content (AvgIpc) is 2.48. The Bertz CT molecular complexity index is 504. The largest absolute Gasteiger partial charge is 0.370 e. The number of anilines is 1. The van der Waals surface area contributed by atoms with Gasteiger partial charge in [0, 0.05) is 5.69 Å². The van der Waals surface area contributed by atoms with E-state index in [1.54, 1.807) is 0 Å². The molecule has 2 rings (SSSR count). The summed E-state index contributed by atoms with van der Waals surface area (Å²) in [4.78, 5) is 24.6. The number of nitrogens with one attached hydrogen (secondary N) is 3. The van der Waals surface area contributed by atoms with E-state index in [0.29, 0.717) is 6.54 Å². The molecule has 1 fully saturated rings. The lowest BCUT2D eigenvalue weighted by Crippen LogP contribution is -3.14. The van der Waals surface area contributed by atoms with Crippen LogP contribution in [0.1, 0.15) is 0 Å². The van der Waals surface area contributed by atoms with Gasteiger partial charge in [-0.3, -0.25) is 9.59 Å². The number of carbonyl (C=O) groups excluding carboxylic acids is 2. The molecular formula is C14H19FN3O3+. The van der Waals surface area contributed by atoms with Crippen LogP contribution in [-0.4, -0.2) is 51.2 Å².